The second-order valence-electron chi connectivity index (χ2n) is 4.64. The number of nitrogens with one attached hydrogen (secondary N) is 1. The molecule has 0 unspecified atom stereocenters. The number of carboxylic acids is 1. The third-order valence-electron chi connectivity index (χ3n) is 2.91. The molecular formula is C15H18N2O5. The van der Waals surface area contributed by atoms with Gasteiger partial charge in [0.2, 0.25) is 5.91 Å². The summed E-state index contributed by atoms with van der Waals surface area (Å²) in [7, 11) is 0. The van der Waals surface area contributed by atoms with Gasteiger partial charge in [0, 0.05) is 25.1 Å². The third-order valence-corrected chi connectivity index (χ3v) is 2.91. The molecule has 118 valence electrons. The molecule has 1 amide bonds. The van der Waals surface area contributed by atoms with Crippen LogP contribution in [0.3, 0.4) is 0 Å². The van der Waals surface area contributed by atoms with E-state index in [4.69, 9.17) is 5.11 Å². The first-order valence-electron chi connectivity index (χ1n) is 6.92. The zero-order valence-corrected chi connectivity index (χ0v) is 12.0. The molecule has 0 saturated carbocycles. The molecule has 1 rings (SSSR count). The molecule has 2 N–H and O–H groups in total. The highest BCUT2D eigenvalue weighted by atomic mass is 16.6. The van der Waals surface area contributed by atoms with Gasteiger partial charge in [0.25, 0.3) is 5.69 Å². The summed E-state index contributed by atoms with van der Waals surface area (Å²) in [6.45, 7) is 0.444. The Balaban J connectivity index is 2.36. The molecule has 0 atom stereocenters. The molecule has 0 aliphatic heterocycles. The molecule has 0 aliphatic rings. The Bertz CT molecular complexity index is 569. The van der Waals surface area contributed by atoms with Crippen LogP contribution in [-0.4, -0.2) is 28.5 Å². The molecule has 7 nitrogen and oxygen atoms in total. The predicted molar refractivity (Wildman–Crippen MR) is 81.2 cm³/mol. The number of nitro benzene ring substituents is 1. The first-order chi connectivity index (χ1) is 10.5. The first kappa shape index (κ1) is 17.4. The minimum atomic E-state index is -0.823. The lowest BCUT2D eigenvalue weighted by Gasteiger charge is -2.01. The van der Waals surface area contributed by atoms with Crippen LogP contribution in [0.5, 0.6) is 0 Å². The Labute approximate surface area is 127 Å². The lowest BCUT2D eigenvalue weighted by molar-refractivity contribution is -0.385. The fourth-order valence-electron chi connectivity index (χ4n) is 1.81. The highest BCUT2D eigenvalue weighted by molar-refractivity contribution is 5.92. The number of carboxylic acid groups (broad SMARTS) is 1. The smallest absolute Gasteiger partial charge is 0.303 e. The van der Waals surface area contributed by atoms with E-state index in [2.05, 4.69) is 5.32 Å². The van der Waals surface area contributed by atoms with E-state index < -0.39 is 10.9 Å². The number of benzene rings is 1. The van der Waals surface area contributed by atoms with Gasteiger partial charge >= 0.3 is 5.97 Å². The Morgan fingerprint density at radius 3 is 2.64 bits per heavy atom. The average molecular weight is 306 g/mol. The largest absolute Gasteiger partial charge is 0.481 e. The quantitative estimate of drug-likeness (QED) is 0.315. The SMILES string of the molecule is O=C(O)CCCCCNC(=O)C=Cc1ccccc1[N+](=O)[O-]. The predicted octanol–water partition coefficient (Wildman–Crippen LogP) is 2.37. The van der Waals surface area contributed by atoms with E-state index in [1.165, 1.54) is 18.2 Å². The molecule has 0 fully saturated rings. The molecule has 0 bridgehead atoms. The maximum atomic E-state index is 11.6. The molecule has 0 saturated heterocycles. The van der Waals surface area contributed by atoms with Crippen molar-refractivity contribution in [2.24, 2.45) is 0 Å². The van der Waals surface area contributed by atoms with E-state index in [1.807, 2.05) is 0 Å². The van der Waals surface area contributed by atoms with Gasteiger partial charge < -0.3 is 10.4 Å². The molecule has 0 radical (unpaired) electrons. The second kappa shape index (κ2) is 9.28. The van der Waals surface area contributed by atoms with Crippen molar-refractivity contribution in [2.45, 2.75) is 25.7 Å². The van der Waals surface area contributed by atoms with Crippen LogP contribution >= 0.6 is 0 Å². The Hall–Kier alpha value is -2.70. The number of carbonyl (C=O) groups is 2. The average Bonchev–Trinajstić information content (AvgIpc) is 2.48. The number of hydrogen-bond acceptors (Lipinski definition) is 4. The van der Waals surface area contributed by atoms with E-state index in [-0.39, 0.29) is 18.0 Å². The summed E-state index contributed by atoms with van der Waals surface area (Å²) < 4.78 is 0. The Kier molecular flexibility index (Phi) is 7.32. The van der Waals surface area contributed by atoms with Gasteiger partial charge in [-0.3, -0.25) is 19.7 Å². The van der Waals surface area contributed by atoms with Crippen LogP contribution in [0.1, 0.15) is 31.2 Å². The topological polar surface area (TPSA) is 110 Å². The van der Waals surface area contributed by atoms with Crippen LogP contribution in [0, 0.1) is 10.1 Å². The summed E-state index contributed by atoms with van der Waals surface area (Å²) in [6, 6.07) is 6.16. The maximum Gasteiger partial charge on any atom is 0.303 e. The van der Waals surface area contributed by atoms with E-state index in [9.17, 15) is 19.7 Å². The summed E-state index contributed by atoms with van der Waals surface area (Å²) in [6.07, 6.45) is 4.78. The molecule has 1 aromatic carbocycles. The molecule has 0 aromatic heterocycles. The van der Waals surface area contributed by atoms with Crippen molar-refractivity contribution in [3.05, 3.63) is 46.0 Å². The number of rotatable bonds is 9. The molecule has 22 heavy (non-hydrogen) atoms. The number of carbonyl (C=O) groups excluding carboxylic acids is 1. The third kappa shape index (κ3) is 6.65. The van der Waals surface area contributed by atoms with Crippen molar-refractivity contribution in [1.29, 1.82) is 0 Å². The van der Waals surface area contributed by atoms with Crippen molar-refractivity contribution < 1.29 is 19.6 Å². The lowest BCUT2D eigenvalue weighted by Crippen LogP contribution is -2.22. The van der Waals surface area contributed by atoms with E-state index in [0.717, 1.165) is 6.42 Å². The van der Waals surface area contributed by atoms with Crippen molar-refractivity contribution in [2.75, 3.05) is 6.54 Å². The number of unbranched alkanes of at least 4 members (excludes halogenated alkanes) is 2. The number of nitrogens with zero attached hydrogens (tertiary/aromatic N) is 1. The maximum absolute atomic E-state index is 11.6. The van der Waals surface area contributed by atoms with Crippen molar-refractivity contribution >= 4 is 23.6 Å². The minimum absolute atomic E-state index is 0.0554. The molecule has 7 heteroatoms. The number of hydrogen-bond donors (Lipinski definition) is 2. The van der Waals surface area contributed by atoms with Crippen molar-refractivity contribution in [3.8, 4) is 0 Å². The monoisotopic (exact) mass is 306 g/mol. The Morgan fingerprint density at radius 1 is 1.23 bits per heavy atom. The second-order valence-corrected chi connectivity index (χ2v) is 4.64. The molecule has 0 spiro atoms. The summed E-state index contributed by atoms with van der Waals surface area (Å²) in [5.41, 5.74) is 0.310. The zero-order chi connectivity index (χ0) is 16.4. The van der Waals surface area contributed by atoms with Gasteiger partial charge in [-0.05, 0) is 25.0 Å². The number of nitro groups is 1. The van der Waals surface area contributed by atoms with E-state index >= 15 is 0 Å². The lowest BCUT2D eigenvalue weighted by atomic mass is 10.1. The highest BCUT2D eigenvalue weighted by Crippen LogP contribution is 2.18. The summed E-state index contributed by atoms with van der Waals surface area (Å²) in [5.74, 6) is -1.16. The molecule has 0 aliphatic carbocycles. The van der Waals surface area contributed by atoms with Crippen LogP contribution < -0.4 is 5.32 Å². The van der Waals surface area contributed by atoms with Gasteiger partial charge in [-0.1, -0.05) is 18.6 Å². The fraction of sp³-hybridized carbons (Fsp3) is 0.333. The molecule has 1 aromatic rings. The van der Waals surface area contributed by atoms with Crippen LogP contribution in [0.25, 0.3) is 6.08 Å². The zero-order valence-electron chi connectivity index (χ0n) is 12.0. The fourth-order valence-corrected chi connectivity index (χ4v) is 1.81. The number of para-hydroxylation sites is 1. The van der Waals surface area contributed by atoms with Crippen LogP contribution in [0.4, 0.5) is 5.69 Å². The standard InChI is InChI=1S/C15H18N2O5/c18-14(16-11-5-1-2-8-15(19)20)10-9-12-6-3-4-7-13(12)17(21)22/h3-4,6-7,9-10H,1-2,5,8,11H2,(H,16,18)(H,19,20). The van der Waals surface area contributed by atoms with Crippen molar-refractivity contribution in [1.82, 2.24) is 5.32 Å². The number of aliphatic carboxylic acids is 1. The summed E-state index contributed by atoms with van der Waals surface area (Å²) >= 11 is 0. The molecular weight excluding hydrogens is 288 g/mol. The van der Waals surface area contributed by atoms with Crippen LogP contribution in [0.2, 0.25) is 0 Å². The molecule has 0 heterocycles. The van der Waals surface area contributed by atoms with Gasteiger partial charge in [0.15, 0.2) is 0 Å². The van der Waals surface area contributed by atoms with Gasteiger partial charge in [-0.25, -0.2) is 0 Å². The summed E-state index contributed by atoms with van der Waals surface area (Å²) in [5, 5.41) is 21.9. The first-order valence-corrected chi connectivity index (χ1v) is 6.92. The minimum Gasteiger partial charge on any atom is -0.481 e. The van der Waals surface area contributed by atoms with Crippen LogP contribution in [0.15, 0.2) is 30.3 Å². The van der Waals surface area contributed by atoms with Gasteiger partial charge in [-0.15, -0.1) is 0 Å². The normalized spacial score (nSPS) is 10.5. The Morgan fingerprint density at radius 2 is 1.95 bits per heavy atom. The van der Waals surface area contributed by atoms with Gasteiger partial charge in [0.05, 0.1) is 10.5 Å². The van der Waals surface area contributed by atoms with E-state index in [0.29, 0.717) is 24.9 Å². The number of amides is 1. The summed E-state index contributed by atoms with van der Waals surface area (Å²) in [4.78, 5) is 32.2. The van der Waals surface area contributed by atoms with Crippen molar-refractivity contribution in [3.63, 3.8) is 0 Å². The van der Waals surface area contributed by atoms with Gasteiger partial charge in [-0.2, -0.15) is 0 Å². The van der Waals surface area contributed by atoms with E-state index in [1.54, 1.807) is 18.2 Å². The van der Waals surface area contributed by atoms with Gasteiger partial charge in [0.1, 0.15) is 0 Å². The van der Waals surface area contributed by atoms with Crippen LogP contribution in [-0.2, 0) is 9.59 Å². The highest BCUT2D eigenvalue weighted by Gasteiger charge is 2.09.